The van der Waals surface area contributed by atoms with Crippen LogP contribution in [0, 0.1) is 0 Å². The van der Waals surface area contributed by atoms with Crippen molar-refractivity contribution in [3.63, 3.8) is 0 Å². The lowest BCUT2D eigenvalue weighted by molar-refractivity contribution is 0.0696. The number of hydrogen-bond donors (Lipinski definition) is 5. The van der Waals surface area contributed by atoms with Gasteiger partial charge in [-0.2, -0.15) is 0 Å². The van der Waals surface area contributed by atoms with Crippen LogP contribution in [0.15, 0.2) is 18.2 Å². The number of hydrogen-bond acceptors (Lipinski definition) is 4. The molecule has 92 valence electrons. The standard InChI is InChI=1S/C8H6O5.HO3P/c9-6-2-4(7(10)11)1-5(3-6)8(12)13;1-4(2)3/h1-3,9H,(H,10,11)(H,12,13);(H-,1,2,3)/p+1. The first kappa shape index (κ1) is 15.0. The van der Waals surface area contributed by atoms with Gasteiger partial charge in [-0.3, -0.25) is 0 Å². The van der Waals surface area contributed by atoms with Gasteiger partial charge in [0.05, 0.1) is 11.1 Å². The average Bonchev–Trinajstić information content (AvgIpc) is 2.15. The number of benzene rings is 1. The molecule has 0 bridgehead atoms. The van der Waals surface area contributed by atoms with Gasteiger partial charge in [-0.15, -0.1) is 9.79 Å². The van der Waals surface area contributed by atoms with Gasteiger partial charge in [-0.25, -0.2) is 9.59 Å². The van der Waals surface area contributed by atoms with Gasteiger partial charge in [0.2, 0.25) is 0 Å². The van der Waals surface area contributed by atoms with Crippen molar-refractivity contribution in [1.82, 2.24) is 0 Å². The molecular formula is C8H8O8P+. The smallest absolute Gasteiger partial charge is 0.508 e. The molecule has 0 aliphatic rings. The van der Waals surface area contributed by atoms with Crippen LogP contribution in [0.3, 0.4) is 0 Å². The van der Waals surface area contributed by atoms with E-state index in [0.29, 0.717) is 0 Å². The first-order valence-electron chi connectivity index (χ1n) is 3.89. The Balaban J connectivity index is 0.000000557. The minimum Gasteiger partial charge on any atom is -0.508 e. The van der Waals surface area contributed by atoms with E-state index in [2.05, 4.69) is 0 Å². The van der Waals surface area contributed by atoms with Crippen LogP contribution in [0.2, 0.25) is 0 Å². The Kier molecular flexibility index (Phi) is 5.76. The van der Waals surface area contributed by atoms with Crippen LogP contribution in [0.4, 0.5) is 0 Å². The van der Waals surface area contributed by atoms with E-state index in [4.69, 9.17) is 29.7 Å². The number of phenolic OH excluding ortho intramolecular Hbond substituents is 1. The lowest BCUT2D eigenvalue weighted by atomic mass is 10.1. The van der Waals surface area contributed by atoms with Crippen LogP contribution < -0.4 is 0 Å². The highest BCUT2D eigenvalue weighted by atomic mass is 31.1. The van der Waals surface area contributed by atoms with E-state index < -0.39 is 20.2 Å². The van der Waals surface area contributed by atoms with Crippen molar-refractivity contribution in [1.29, 1.82) is 0 Å². The van der Waals surface area contributed by atoms with E-state index in [1.807, 2.05) is 0 Å². The highest BCUT2D eigenvalue weighted by molar-refractivity contribution is 7.30. The fourth-order valence-corrected chi connectivity index (χ4v) is 0.858. The molecule has 0 saturated carbocycles. The molecular weight excluding hydrogens is 255 g/mol. The molecule has 0 amide bonds. The van der Waals surface area contributed by atoms with E-state index in [1.54, 1.807) is 0 Å². The largest absolute Gasteiger partial charge is 0.692 e. The van der Waals surface area contributed by atoms with Crippen LogP contribution in [-0.2, 0) is 4.57 Å². The van der Waals surface area contributed by atoms with Gasteiger partial charge in [-0.05, 0) is 18.2 Å². The van der Waals surface area contributed by atoms with Crippen LogP contribution in [-0.4, -0.2) is 37.0 Å². The quantitative estimate of drug-likeness (QED) is 0.481. The van der Waals surface area contributed by atoms with E-state index in [-0.39, 0.29) is 16.9 Å². The van der Waals surface area contributed by atoms with Crippen molar-refractivity contribution in [3.05, 3.63) is 29.3 Å². The molecule has 0 unspecified atom stereocenters. The number of phenols is 1. The molecule has 9 heteroatoms. The second-order valence-corrected chi connectivity index (χ2v) is 3.14. The lowest BCUT2D eigenvalue weighted by Gasteiger charge is -1.98. The molecule has 0 aliphatic carbocycles. The van der Waals surface area contributed by atoms with E-state index in [9.17, 15) is 9.59 Å². The first-order valence-corrected chi connectivity index (χ1v) is 5.06. The van der Waals surface area contributed by atoms with E-state index >= 15 is 0 Å². The molecule has 0 aliphatic heterocycles. The van der Waals surface area contributed by atoms with Crippen molar-refractivity contribution in [3.8, 4) is 5.75 Å². The molecule has 5 N–H and O–H groups in total. The molecule has 1 aromatic rings. The van der Waals surface area contributed by atoms with E-state index in [1.165, 1.54) is 0 Å². The zero-order valence-corrected chi connectivity index (χ0v) is 9.03. The summed E-state index contributed by atoms with van der Waals surface area (Å²) in [6.07, 6.45) is 0. The number of aromatic hydroxyl groups is 1. The third-order valence-electron chi connectivity index (χ3n) is 1.41. The third-order valence-corrected chi connectivity index (χ3v) is 1.41. The van der Waals surface area contributed by atoms with Crippen molar-refractivity contribution >= 4 is 20.2 Å². The molecule has 0 heterocycles. The number of carboxylic acid groups (broad SMARTS) is 2. The molecule has 0 radical (unpaired) electrons. The molecule has 17 heavy (non-hydrogen) atoms. The van der Waals surface area contributed by atoms with Gasteiger partial charge >= 0.3 is 20.2 Å². The van der Waals surface area contributed by atoms with E-state index in [0.717, 1.165) is 18.2 Å². The highest BCUT2D eigenvalue weighted by Crippen LogP contribution is 2.15. The van der Waals surface area contributed by atoms with Crippen molar-refractivity contribution in [2.75, 3.05) is 0 Å². The summed E-state index contributed by atoms with van der Waals surface area (Å²) < 4.78 is 8.70. The maximum absolute atomic E-state index is 10.4. The summed E-state index contributed by atoms with van der Waals surface area (Å²) in [6, 6.07) is 2.94. The second-order valence-electron chi connectivity index (χ2n) is 2.63. The zero-order chi connectivity index (χ0) is 13.6. The summed E-state index contributed by atoms with van der Waals surface area (Å²) in [7, 11) is -2.87. The lowest BCUT2D eigenvalue weighted by Crippen LogP contribution is -2.01. The summed E-state index contributed by atoms with van der Waals surface area (Å²) in [4.78, 5) is 35.1. The van der Waals surface area contributed by atoms with Crippen molar-refractivity contribution < 1.29 is 39.3 Å². The zero-order valence-electron chi connectivity index (χ0n) is 8.14. The molecule has 0 saturated heterocycles. The van der Waals surface area contributed by atoms with Gasteiger partial charge in [-0.1, -0.05) is 0 Å². The molecule has 1 aromatic carbocycles. The maximum atomic E-state index is 10.4. The second kappa shape index (κ2) is 6.54. The number of aromatic carboxylic acids is 2. The summed E-state index contributed by atoms with van der Waals surface area (Å²) >= 11 is 0. The number of carboxylic acids is 2. The molecule has 0 aromatic heterocycles. The van der Waals surface area contributed by atoms with Crippen LogP contribution in [0.25, 0.3) is 0 Å². The van der Waals surface area contributed by atoms with Gasteiger partial charge in [0.15, 0.2) is 0 Å². The predicted octanol–water partition coefficient (Wildman–Crippen LogP) is 0.417. The summed E-state index contributed by atoms with van der Waals surface area (Å²) in [5.74, 6) is -2.94. The molecule has 1 rings (SSSR count). The first-order chi connectivity index (χ1) is 7.73. The Morgan fingerprint density at radius 2 is 1.24 bits per heavy atom. The monoisotopic (exact) mass is 263 g/mol. The Morgan fingerprint density at radius 3 is 1.47 bits per heavy atom. The average molecular weight is 263 g/mol. The molecule has 8 nitrogen and oxygen atoms in total. The minimum absolute atomic E-state index is 0.252. The van der Waals surface area contributed by atoms with Gasteiger partial charge < -0.3 is 15.3 Å². The fraction of sp³-hybridized carbons (Fsp3) is 0. The number of rotatable bonds is 2. The predicted molar refractivity (Wildman–Crippen MR) is 54.1 cm³/mol. The Labute approximate surface area is 95.3 Å². The molecule has 0 fully saturated rings. The highest BCUT2D eigenvalue weighted by Gasteiger charge is 2.10. The normalized spacial score (nSPS) is 8.82. The van der Waals surface area contributed by atoms with Gasteiger partial charge in [0.1, 0.15) is 5.75 Å². The van der Waals surface area contributed by atoms with Crippen LogP contribution >= 0.6 is 8.25 Å². The summed E-state index contributed by atoms with van der Waals surface area (Å²) in [6.45, 7) is 0. The fourth-order valence-electron chi connectivity index (χ4n) is 0.858. The van der Waals surface area contributed by atoms with Crippen molar-refractivity contribution in [2.24, 2.45) is 0 Å². The van der Waals surface area contributed by atoms with Gasteiger partial charge in [0, 0.05) is 4.57 Å². The number of carbonyl (C=O) groups is 2. The van der Waals surface area contributed by atoms with Gasteiger partial charge in [0.25, 0.3) is 0 Å². The third kappa shape index (κ3) is 6.21. The molecule has 0 spiro atoms. The minimum atomic E-state index is -2.87. The Bertz CT molecular complexity index is 419. The summed E-state index contributed by atoms with van der Waals surface area (Å²) in [5, 5.41) is 26.0. The van der Waals surface area contributed by atoms with Crippen molar-refractivity contribution in [2.45, 2.75) is 0 Å². The van der Waals surface area contributed by atoms with Crippen LogP contribution in [0.5, 0.6) is 5.75 Å². The maximum Gasteiger partial charge on any atom is 0.692 e. The van der Waals surface area contributed by atoms with Crippen LogP contribution in [0.1, 0.15) is 20.7 Å². The Morgan fingerprint density at radius 1 is 0.941 bits per heavy atom. The Hall–Kier alpha value is -2.02. The topological polar surface area (TPSA) is 152 Å². The molecule has 0 atom stereocenters. The SMILES string of the molecule is O=C(O)c1cc(O)cc(C(=O)O)c1.O=[P+](O)O. The summed E-state index contributed by atoms with van der Waals surface area (Å²) in [5.41, 5.74) is -0.505.